The minimum Gasteiger partial charge on any atom is -0.481 e. The molecule has 94 valence electrons. The standard InChI is InChI=1S/C9H14N4O4/c1-5(9(14)15)6(2)11-8-7(13(16)17)10-4-12(8)3/h4-6,11H,1-3H3,(H,14,15). The van der Waals surface area contributed by atoms with Crippen LogP contribution in [0.25, 0.3) is 0 Å². The van der Waals surface area contributed by atoms with Gasteiger partial charge in [-0.3, -0.25) is 9.36 Å². The summed E-state index contributed by atoms with van der Waals surface area (Å²) in [6.07, 6.45) is 1.30. The maximum absolute atomic E-state index is 10.8. The summed E-state index contributed by atoms with van der Waals surface area (Å²) < 4.78 is 1.45. The fourth-order valence-corrected chi connectivity index (χ4v) is 1.27. The molecule has 1 heterocycles. The summed E-state index contributed by atoms with van der Waals surface area (Å²) in [6, 6.07) is -0.443. The van der Waals surface area contributed by atoms with Gasteiger partial charge in [0.05, 0.1) is 5.92 Å². The first-order valence-electron chi connectivity index (χ1n) is 4.99. The van der Waals surface area contributed by atoms with Gasteiger partial charge < -0.3 is 20.5 Å². The Morgan fingerprint density at radius 3 is 2.71 bits per heavy atom. The van der Waals surface area contributed by atoms with E-state index in [4.69, 9.17) is 5.11 Å². The fourth-order valence-electron chi connectivity index (χ4n) is 1.27. The fraction of sp³-hybridized carbons (Fsp3) is 0.556. The molecule has 0 bridgehead atoms. The largest absolute Gasteiger partial charge is 0.481 e. The third-order valence-electron chi connectivity index (χ3n) is 2.59. The van der Waals surface area contributed by atoms with E-state index in [9.17, 15) is 14.9 Å². The lowest BCUT2D eigenvalue weighted by Gasteiger charge is -2.18. The lowest BCUT2D eigenvalue weighted by Crippen LogP contribution is -2.30. The zero-order valence-electron chi connectivity index (χ0n) is 9.75. The third-order valence-corrected chi connectivity index (χ3v) is 2.59. The number of rotatable bonds is 5. The first kappa shape index (κ1) is 12.9. The number of hydrogen-bond donors (Lipinski definition) is 2. The molecule has 8 nitrogen and oxygen atoms in total. The molecule has 0 radical (unpaired) electrons. The van der Waals surface area contributed by atoms with Crippen molar-refractivity contribution in [2.24, 2.45) is 13.0 Å². The van der Waals surface area contributed by atoms with Gasteiger partial charge in [-0.05, 0) is 23.8 Å². The number of imidazole rings is 1. The lowest BCUT2D eigenvalue weighted by molar-refractivity contribution is -0.388. The number of carbonyl (C=O) groups is 1. The first-order chi connectivity index (χ1) is 7.84. The van der Waals surface area contributed by atoms with E-state index in [-0.39, 0.29) is 11.6 Å². The number of aryl methyl sites for hydroxylation is 1. The first-order valence-corrected chi connectivity index (χ1v) is 4.99. The molecule has 1 aromatic heterocycles. The van der Waals surface area contributed by atoms with Crippen molar-refractivity contribution < 1.29 is 14.8 Å². The molecule has 17 heavy (non-hydrogen) atoms. The second-order valence-corrected chi connectivity index (χ2v) is 3.84. The summed E-state index contributed by atoms with van der Waals surface area (Å²) in [5, 5.41) is 22.3. The second kappa shape index (κ2) is 4.81. The number of anilines is 1. The Bertz CT molecular complexity index is 442. The van der Waals surface area contributed by atoms with E-state index < -0.39 is 22.9 Å². The van der Waals surface area contributed by atoms with Crippen molar-refractivity contribution in [1.29, 1.82) is 0 Å². The minimum atomic E-state index is -0.963. The van der Waals surface area contributed by atoms with Gasteiger partial charge in [-0.2, -0.15) is 0 Å². The summed E-state index contributed by atoms with van der Waals surface area (Å²) in [7, 11) is 1.60. The Kier molecular flexibility index (Phi) is 3.66. The van der Waals surface area contributed by atoms with Crippen LogP contribution in [-0.4, -0.2) is 31.6 Å². The van der Waals surface area contributed by atoms with Gasteiger partial charge in [0, 0.05) is 13.1 Å². The summed E-state index contributed by atoms with van der Waals surface area (Å²) >= 11 is 0. The highest BCUT2D eigenvalue weighted by atomic mass is 16.6. The molecule has 2 atom stereocenters. The van der Waals surface area contributed by atoms with Crippen LogP contribution in [0.4, 0.5) is 11.6 Å². The Balaban J connectivity index is 2.91. The number of carboxylic acid groups (broad SMARTS) is 1. The zero-order valence-corrected chi connectivity index (χ0v) is 9.75. The molecule has 0 spiro atoms. The number of aromatic nitrogens is 2. The smallest absolute Gasteiger partial charge is 0.406 e. The normalized spacial score (nSPS) is 14.1. The van der Waals surface area contributed by atoms with Crippen molar-refractivity contribution in [3.8, 4) is 0 Å². The molecule has 0 saturated carbocycles. The van der Waals surface area contributed by atoms with Crippen molar-refractivity contribution in [3.05, 3.63) is 16.4 Å². The molecule has 0 fully saturated rings. The van der Waals surface area contributed by atoms with Gasteiger partial charge in [0.15, 0.2) is 0 Å². The average molecular weight is 242 g/mol. The third kappa shape index (κ3) is 2.71. The maximum atomic E-state index is 10.8. The Hall–Kier alpha value is -2.12. The molecule has 8 heteroatoms. The van der Waals surface area contributed by atoms with E-state index in [1.54, 1.807) is 14.0 Å². The van der Waals surface area contributed by atoms with Gasteiger partial charge in [0.2, 0.25) is 12.1 Å². The average Bonchev–Trinajstić information content (AvgIpc) is 2.59. The van der Waals surface area contributed by atoms with Crippen LogP contribution in [0.1, 0.15) is 13.8 Å². The van der Waals surface area contributed by atoms with Crippen LogP contribution in [0.3, 0.4) is 0 Å². The van der Waals surface area contributed by atoms with Gasteiger partial charge in [0.25, 0.3) is 0 Å². The number of nitrogens with zero attached hydrogens (tertiary/aromatic N) is 3. The Morgan fingerprint density at radius 2 is 2.24 bits per heavy atom. The van der Waals surface area contributed by atoms with Crippen molar-refractivity contribution in [2.75, 3.05) is 5.32 Å². The topological polar surface area (TPSA) is 110 Å². The number of nitrogens with one attached hydrogen (secondary N) is 1. The molecule has 1 aromatic rings. The summed E-state index contributed by atoms with van der Waals surface area (Å²) in [5.41, 5.74) is 0. The van der Waals surface area contributed by atoms with E-state index in [1.807, 2.05) is 0 Å². The van der Waals surface area contributed by atoms with Crippen molar-refractivity contribution >= 4 is 17.6 Å². The van der Waals surface area contributed by atoms with E-state index in [2.05, 4.69) is 10.3 Å². The van der Waals surface area contributed by atoms with E-state index in [1.165, 1.54) is 17.8 Å². The molecule has 0 amide bonds. The van der Waals surface area contributed by atoms with E-state index >= 15 is 0 Å². The van der Waals surface area contributed by atoms with Crippen LogP contribution >= 0.6 is 0 Å². The quantitative estimate of drug-likeness (QED) is 0.585. The molecule has 0 aliphatic heterocycles. The maximum Gasteiger partial charge on any atom is 0.406 e. The van der Waals surface area contributed by atoms with Crippen LogP contribution < -0.4 is 5.32 Å². The van der Waals surface area contributed by atoms with Crippen LogP contribution in [-0.2, 0) is 11.8 Å². The number of aliphatic carboxylic acids is 1. The number of carboxylic acids is 1. The minimum absolute atomic E-state index is 0.204. The highest BCUT2D eigenvalue weighted by Crippen LogP contribution is 2.23. The molecule has 1 rings (SSSR count). The van der Waals surface area contributed by atoms with Crippen LogP contribution in [0, 0.1) is 16.0 Å². The highest BCUT2D eigenvalue weighted by molar-refractivity contribution is 5.71. The molecule has 2 N–H and O–H groups in total. The zero-order chi connectivity index (χ0) is 13.2. The second-order valence-electron chi connectivity index (χ2n) is 3.84. The van der Waals surface area contributed by atoms with Crippen molar-refractivity contribution in [3.63, 3.8) is 0 Å². The van der Waals surface area contributed by atoms with Gasteiger partial charge in [-0.1, -0.05) is 0 Å². The Labute approximate surface area is 97.4 Å². The van der Waals surface area contributed by atoms with Crippen molar-refractivity contribution in [1.82, 2.24) is 9.55 Å². The van der Waals surface area contributed by atoms with E-state index in [0.29, 0.717) is 0 Å². The van der Waals surface area contributed by atoms with E-state index in [0.717, 1.165) is 0 Å². The van der Waals surface area contributed by atoms with Gasteiger partial charge in [-0.15, -0.1) is 0 Å². The predicted octanol–water partition coefficient (Wildman–Crippen LogP) is 0.849. The molecule has 2 unspecified atom stereocenters. The lowest BCUT2D eigenvalue weighted by atomic mass is 10.0. The predicted molar refractivity (Wildman–Crippen MR) is 59.7 cm³/mol. The molecule has 0 saturated heterocycles. The van der Waals surface area contributed by atoms with Crippen molar-refractivity contribution in [2.45, 2.75) is 19.9 Å². The molecule has 0 aliphatic carbocycles. The van der Waals surface area contributed by atoms with Gasteiger partial charge in [-0.25, -0.2) is 0 Å². The van der Waals surface area contributed by atoms with Crippen LogP contribution in [0.15, 0.2) is 6.33 Å². The number of nitro groups is 1. The molecule has 0 aromatic carbocycles. The highest BCUT2D eigenvalue weighted by Gasteiger charge is 2.25. The van der Waals surface area contributed by atoms with Gasteiger partial charge >= 0.3 is 11.8 Å². The molecular weight excluding hydrogens is 228 g/mol. The molecular formula is C9H14N4O4. The SMILES string of the molecule is CC(Nc1c([N+](=O)[O-])ncn1C)C(C)C(=O)O. The summed E-state index contributed by atoms with van der Waals surface area (Å²) in [6.45, 7) is 3.18. The Morgan fingerprint density at radius 1 is 1.65 bits per heavy atom. The summed E-state index contributed by atoms with van der Waals surface area (Å²) in [5.74, 6) is -1.73. The molecule has 0 aliphatic rings. The monoisotopic (exact) mass is 242 g/mol. The van der Waals surface area contributed by atoms with Crippen LogP contribution in [0.5, 0.6) is 0 Å². The summed E-state index contributed by atoms with van der Waals surface area (Å²) in [4.78, 5) is 24.5. The van der Waals surface area contributed by atoms with Gasteiger partial charge in [0.1, 0.15) is 0 Å². The number of hydrogen-bond acceptors (Lipinski definition) is 5. The van der Waals surface area contributed by atoms with Crippen LogP contribution in [0.2, 0.25) is 0 Å².